The molecule has 1 N–H and O–H groups in total. The van der Waals surface area contributed by atoms with Crippen molar-refractivity contribution >= 4 is 5.69 Å². The molecule has 0 amide bonds. The lowest BCUT2D eigenvalue weighted by atomic mass is 10.00. The van der Waals surface area contributed by atoms with E-state index >= 15 is 0 Å². The van der Waals surface area contributed by atoms with Crippen LogP contribution < -0.4 is 5.32 Å². The van der Waals surface area contributed by atoms with Gasteiger partial charge in [-0.15, -0.1) is 0 Å². The molecule has 0 aliphatic heterocycles. The second kappa shape index (κ2) is 5.65. The van der Waals surface area contributed by atoms with Crippen LogP contribution in [-0.4, -0.2) is 20.6 Å². The standard InChI is InChI=1S/C16H22N4/c1-12(14-5-3-4-6-14)19-15-7-8-16(18-11-15)20-10-9-17-13(20)2/h7-12,14,19H,3-6H2,1-2H3. The lowest BCUT2D eigenvalue weighted by Gasteiger charge is -2.21. The fourth-order valence-corrected chi connectivity index (χ4v) is 3.07. The molecule has 106 valence electrons. The minimum atomic E-state index is 0.528. The number of nitrogens with one attached hydrogen (secondary N) is 1. The number of imidazole rings is 1. The Morgan fingerprint density at radius 3 is 2.65 bits per heavy atom. The van der Waals surface area contributed by atoms with E-state index < -0.39 is 0 Å². The average molecular weight is 270 g/mol. The van der Waals surface area contributed by atoms with E-state index in [1.54, 1.807) is 6.20 Å². The highest BCUT2D eigenvalue weighted by molar-refractivity contribution is 5.44. The summed E-state index contributed by atoms with van der Waals surface area (Å²) in [5, 5.41) is 3.58. The van der Waals surface area contributed by atoms with Crippen molar-refractivity contribution in [2.24, 2.45) is 5.92 Å². The zero-order chi connectivity index (χ0) is 13.9. The third-order valence-electron chi connectivity index (χ3n) is 4.32. The molecule has 3 rings (SSSR count). The third kappa shape index (κ3) is 2.69. The highest BCUT2D eigenvalue weighted by Crippen LogP contribution is 2.29. The lowest BCUT2D eigenvalue weighted by Crippen LogP contribution is -2.23. The van der Waals surface area contributed by atoms with Gasteiger partial charge in [0.1, 0.15) is 11.6 Å². The van der Waals surface area contributed by atoms with Gasteiger partial charge in [-0.3, -0.25) is 4.57 Å². The van der Waals surface area contributed by atoms with Crippen LogP contribution in [0.15, 0.2) is 30.7 Å². The molecule has 4 nitrogen and oxygen atoms in total. The van der Waals surface area contributed by atoms with Gasteiger partial charge in [0.25, 0.3) is 0 Å². The first-order valence-corrected chi connectivity index (χ1v) is 7.47. The molecular weight excluding hydrogens is 248 g/mol. The van der Waals surface area contributed by atoms with Gasteiger partial charge in [0.15, 0.2) is 0 Å². The van der Waals surface area contributed by atoms with Gasteiger partial charge >= 0.3 is 0 Å². The number of hydrogen-bond acceptors (Lipinski definition) is 3. The summed E-state index contributed by atoms with van der Waals surface area (Å²) in [6.07, 6.45) is 11.1. The van der Waals surface area contributed by atoms with Crippen LogP contribution in [-0.2, 0) is 0 Å². The fraction of sp³-hybridized carbons (Fsp3) is 0.500. The topological polar surface area (TPSA) is 42.7 Å². The van der Waals surface area contributed by atoms with E-state index in [2.05, 4.69) is 28.3 Å². The number of anilines is 1. The molecule has 0 spiro atoms. The zero-order valence-corrected chi connectivity index (χ0v) is 12.2. The number of hydrogen-bond donors (Lipinski definition) is 1. The summed E-state index contributed by atoms with van der Waals surface area (Å²) in [5.74, 6) is 2.68. The molecule has 0 radical (unpaired) electrons. The van der Waals surface area contributed by atoms with Crippen molar-refractivity contribution < 1.29 is 0 Å². The van der Waals surface area contributed by atoms with Crippen molar-refractivity contribution in [3.63, 3.8) is 0 Å². The Morgan fingerprint density at radius 1 is 1.25 bits per heavy atom. The Labute approximate surface area is 120 Å². The summed E-state index contributed by atoms with van der Waals surface area (Å²) in [4.78, 5) is 8.75. The zero-order valence-electron chi connectivity index (χ0n) is 12.2. The van der Waals surface area contributed by atoms with Crippen LogP contribution in [0.25, 0.3) is 5.82 Å². The average Bonchev–Trinajstić information content (AvgIpc) is 3.11. The van der Waals surface area contributed by atoms with Gasteiger partial charge in [-0.1, -0.05) is 12.8 Å². The molecule has 2 aromatic rings. The first-order valence-electron chi connectivity index (χ1n) is 7.47. The van der Waals surface area contributed by atoms with E-state index in [-0.39, 0.29) is 0 Å². The molecule has 1 unspecified atom stereocenters. The van der Waals surface area contributed by atoms with Gasteiger partial charge in [-0.25, -0.2) is 9.97 Å². The normalized spacial score (nSPS) is 17.3. The van der Waals surface area contributed by atoms with Crippen LogP contribution in [0.5, 0.6) is 0 Å². The molecule has 1 atom stereocenters. The van der Waals surface area contributed by atoms with Gasteiger partial charge in [0, 0.05) is 18.4 Å². The fourth-order valence-electron chi connectivity index (χ4n) is 3.07. The third-order valence-corrected chi connectivity index (χ3v) is 4.32. The van der Waals surface area contributed by atoms with Crippen molar-refractivity contribution in [1.29, 1.82) is 0 Å². The van der Waals surface area contributed by atoms with E-state index in [9.17, 15) is 0 Å². The van der Waals surface area contributed by atoms with Crippen LogP contribution in [0.1, 0.15) is 38.4 Å². The van der Waals surface area contributed by atoms with Crippen LogP contribution in [0.3, 0.4) is 0 Å². The Morgan fingerprint density at radius 2 is 2.05 bits per heavy atom. The van der Waals surface area contributed by atoms with Gasteiger partial charge < -0.3 is 5.32 Å². The molecule has 0 aromatic carbocycles. The first kappa shape index (κ1) is 13.2. The summed E-state index contributed by atoms with van der Waals surface area (Å²) in [7, 11) is 0. The number of rotatable bonds is 4. The molecule has 2 heterocycles. The predicted molar refractivity (Wildman–Crippen MR) is 81.1 cm³/mol. The van der Waals surface area contributed by atoms with Crippen LogP contribution in [0.4, 0.5) is 5.69 Å². The lowest BCUT2D eigenvalue weighted by molar-refractivity contribution is 0.482. The summed E-state index contributed by atoms with van der Waals surface area (Å²) >= 11 is 0. The summed E-state index contributed by atoms with van der Waals surface area (Å²) < 4.78 is 1.99. The van der Waals surface area contributed by atoms with E-state index in [1.807, 2.05) is 30.0 Å². The van der Waals surface area contributed by atoms with Crippen molar-refractivity contribution in [2.75, 3.05) is 5.32 Å². The van der Waals surface area contributed by atoms with Crippen LogP contribution in [0.2, 0.25) is 0 Å². The highest BCUT2D eigenvalue weighted by atomic mass is 15.1. The van der Waals surface area contributed by atoms with Crippen molar-refractivity contribution in [2.45, 2.75) is 45.6 Å². The van der Waals surface area contributed by atoms with E-state index in [1.165, 1.54) is 25.7 Å². The second-order valence-corrected chi connectivity index (χ2v) is 5.73. The second-order valence-electron chi connectivity index (χ2n) is 5.73. The Hall–Kier alpha value is -1.84. The summed E-state index contributed by atoms with van der Waals surface area (Å²) in [5.41, 5.74) is 1.10. The SMILES string of the molecule is Cc1nccn1-c1ccc(NC(C)C2CCCC2)cn1. The molecule has 1 aliphatic carbocycles. The predicted octanol–water partition coefficient (Wildman–Crippen LogP) is 3.57. The maximum atomic E-state index is 4.52. The van der Waals surface area contributed by atoms with Gasteiger partial charge in [-0.2, -0.15) is 0 Å². The minimum absolute atomic E-state index is 0.528. The Bertz CT molecular complexity index is 552. The van der Waals surface area contributed by atoms with Crippen molar-refractivity contribution in [3.8, 4) is 5.82 Å². The maximum absolute atomic E-state index is 4.52. The molecule has 4 heteroatoms. The Kier molecular flexibility index (Phi) is 3.72. The van der Waals surface area contributed by atoms with E-state index in [0.717, 1.165) is 23.2 Å². The van der Waals surface area contributed by atoms with Gasteiger partial charge in [0.05, 0.1) is 11.9 Å². The summed E-state index contributed by atoms with van der Waals surface area (Å²) in [6, 6.07) is 4.67. The van der Waals surface area contributed by atoms with Crippen LogP contribution >= 0.6 is 0 Å². The number of nitrogens with zero attached hydrogens (tertiary/aromatic N) is 3. The molecule has 20 heavy (non-hydrogen) atoms. The largest absolute Gasteiger partial charge is 0.381 e. The van der Waals surface area contributed by atoms with E-state index in [0.29, 0.717) is 6.04 Å². The number of aryl methyl sites for hydroxylation is 1. The first-order chi connectivity index (χ1) is 9.74. The molecule has 0 saturated heterocycles. The van der Waals surface area contributed by atoms with Crippen LogP contribution in [0, 0.1) is 12.8 Å². The minimum Gasteiger partial charge on any atom is -0.381 e. The van der Waals surface area contributed by atoms with Gasteiger partial charge in [0.2, 0.25) is 0 Å². The van der Waals surface area contributed by atoms with E-state index in [4.69, 9.17) is 0 Å². The number of aromatic nitrogens is 3. The smallest absolute Gasteiger partial charge is 0.138 e. The quantitative estimate of drug-likeness (QED) is 0.923. The van der Waals surface area contributed by atoms with Gasteiger partial charge in [-0.05, 0) is 44.7 Å². The molecule has 0 bridgehead atoms. The molecular formula is C16H22N4. The molecule has 2 aromatic heterocycles. The van der Waals surface area contributed by atoms with Crippen molar-refractivity contribution in [1.82, 2.24) is 14.5 Å². The highest BCUT2D eigenvalue weighted by Gasteiger charge is 2.21. The summed E-state index contributed by atoms with van der Waals surface area (Å²) in [6.45, 7) is 4.26. The molecule has 1 fully saturated rings. The maximum Gasteiger partial charge on any atom is 0.138 e. The monoisotopic (exact) mass is 270 g/mol. The molecule has 1 saturated carbocycles. The molecule has 1 aliphatic rings. The number of pyridine rings is 1. The van der Waals surface area contributed by atoms with Crippen molar-refractivity contribution in [3.05, 3.63) is 36.5 Å². The Balaban J connectivity index is 1.68.